The molecule has 1 N–H and O–H groups in total. The largest absolute Gasteiger partial charge is 0.474 e. The molecule has 8 heavy (non-hydrogen) atoms. The number of rotatable bonds is 3. The maximum Gasteiger partial charge on any atom is 0.474 e. The molecule has 0 bridgehead atoms. The Morgan fingerprint density at radius 3 is 2.50 bits per heavy atom. The first-order chi connectivity index (χ1) is 3.62. The minimum Gasteiger partial charge on any atom is -0.302 e. The van der Waals surface area contributed by atoms with Gasteiger partial charge in [0.05, 0.1) is 6.61 Å². The summed E-state index contributed by atoms with van der Waals surface area (Å²) in [5, 5.41) is 0. The molecule has 0 aromatic carbocycles. The Morgan fingerprint density at radius 2 is 2.38 bits per heavy atom. The molecule has 0 aliphatic carbocycles. The van der Waals surface area contributed by atoms with Gasteiger partial charge in [0.15, 0.2) is 0 Å². The molecule has 0 spiro atoms. The van der Waals surface area contributed by atoms with Gasteiger partial charge < -0.3 is 4.89 Å². The van der Waals surface area contributed by atoms with Crippen molar-refractivity contribution in [1.29, 1.82) is 0 Å². The fourth-order valence-electron chi connectivity index (χ4n) is 0.194. The van der Waals surface area contributed by atoms with Crippen LogP contribution in [0.2, 0.25) is 0 Å². The van der Waals surface area contributed by atoms with Crippen molar-refractivity contribution in [2.45, 2.75) is 6.92 Å². The first-order valence-corrected chi connectivity index (χ1v) is 3.95. The SMILES string of the molecule is CCOP(=O)(O)OP. The van der Waals surface area contributed by atoms with E-state index in [1.165, 1.54) is 0 Å². The van der Waals surface area contributed by atoms with Gasteiger partial charge in [-0.3, -0.25) is 8.83 Å². The predicted molar refractivity (Wildman–Crippen MR) is 32.2 cm³/mol. The average molecular weight is 158 g/mol. The van der Waals surface area contributed by atoms with Crippen LogP contribution in [0.5, 0.6) is 0 Å². The Bertz CT molecular complexity index is 102. The second-order valence-electron chi connectivity index (χ2n) is 0.992. The molecule has 0 radical (unpaired) electrons. The Labute approximate surface area is 50.1 Å². The number of hydrogen-bond acceptors (Lipinski definition) is 3. The zero-order chi connectivity index (χ0) is 6.62. The summed E-state index contributed by atoms with van der Waals surface area (Å²) in [6.07, 6.45) is 0. The molecule has 0 heterocycles. The molecule has 0 aromatic rings. The summed E-state index contributed by atoms with van der Waals surface area (Å²) in [5.41, 5.74) is 0. The first kappa shape index (κ1) is 8.54. The molecular formula is C2H8O4P2. The quantitative estimate of drug-likeness (QED) is 0.620. The summed E-state index contributed by atoms with van der Waals surface area (Å²) >= 11 is 0. The summed E-state index contributed by atoms with van der Waals surface area (Å²) in [5.74, 6) is 0. The van der Waals surface area contributed by atoms with Gasteiger partial charge >= 0.3 is 7.82 Å². The standard InChI is InChI=1S/C2H8O4P2/c1-2-5-8(3,4)6-7/h2,7H2,1H3,(H,3,4). The lowest BCUT2D eigenvalue weighted by Crippen LogP contribution is -1.85. The van der Waals surface area contributed by atoms with Gasteiger partial charge in [-0.2, -0.15) is 0 Å². The Hall–Kier alpha value is 0.540. The lowest BCUT2D eigenvalue weighted by Gasteiger charge is -2.04. The Balaban J connectivity index is 3.55. The maximum absolute atomic E-state index is 10.3. The molecule has 0 amide bonds. The van der Waals surface area contributed by atoms with Crippen LogP contribution in [0.25, 0.3) is 0 Å². The molecule has 0 fully saturated rings. The van der Waals surface area contributed by atoms with Gasteiger partial charge in [-0.1, -0.05) is 0 Å². The smallest absolute Gasteiger partial charge is 0.302 e. The van der Waals surface area contributed by atoms with Gasteiger partial charge in [0.1, 0.15) is 0 Å². The average Bonchev–Trinajstić information content (AvgIpc) is 1.67. The van der Waals surface area contributed by atoms with Crippen LogP contribution in [0, 0.1) is 0 Å². The first-order valence-electron chi connectivity index (χ1n) is 1.98. The van der Waals surface area contributed by atoms with Crippen molar-refractivity contribution in [3.8, 4) is 0 Å². The minimum absolute atomic E-state index is 0.169. The summed E-state index contributed by atoms with van der Waals surface area (Å²) in [7, 11) is -2.05. The molecule has 2 atom stereocenters. The van der Waals surface area contributed by atoms with E-state index in [0.29, 0.717) is 0 Å². The van der Waals surface area contributed by atoms with Crippen LogP contribution in [-0.2, 0) is 13.4 Å². The molecule has 0 rings (SSSR count). The van der Waals surface area contributed by atoms with Gasteiger partial charge in [-0.25, -0.2) is 4.57 Å². The Morgan fingerprint density at radius 1 is 1.88 bits per heavy atom. The normalized spacial score (nSPS) is 17.9. The highest BCUT2D eigenvalue weighted by Crippen LogP contribution is 2.44. The van der Waals surface area contributed by atoms with Gasteiger partial charge in [0, 0.05) is 9.47 Å². The van der Waals surface area contributed by atoms with E-state index in [-0.39, 0.29) is 6.61 Å². The molecular weight excluding hydrogens is 150 g/mol. The fourth-order valence-corrected chi connectivity index (χ4v) is 0.763. The second kappa shape index (κ2) is 3.54. The highest BCUT2D eigenvalue weighted by atomic mass is 31.2. The summed E-state index contributed by atoms with van der Waals surface area (Å²) in [6, 6.07) is 0. The zero-order valence-electron chi connectivity index (χ0n) is 4.40. The summed E-state index contributed by atoms with van der Waals surface area (Å²) in [4.78, 5) is 8.41. The summed E-state index contributed by atoms with van der Waals surface area (Å²) in [6.45, 7) is 1.77. The third-order valence-electron chi connectivity index (χ3n) is 0.425. The van der Waals surface area contributed by atoms with Crippen molar-refractivity contribution in [3.63, 3.8) is 0 Å². The van der Waals surface area contributed by atoms with Crippen LogP contribution in [0.1, 0.15) is 6.92 Å². The van der Waals surface area contributed by atoms with Crippen molar-refractivity contribution >= 4 is 17.3 Å². The van der Waals surface area contributed by atoms with Crippen molar-refractivity contribution in [3.05, 3.63) is 0 Å². The van der Waals surface area contributed by atoms with Crippen molar-refractivity contribution < 1.29 is 18.3 Å². The summed E-state index contributed by atoms with van der Waals surface area (Å²) < 4.78 is 18.5. The van der Waals surface area contributed by atoms with Crippen molar-refractivity contribution in [2.24, 2.45) is 0 Å². The predicted octanol–water partition coefficient (Wildman–Crippen LogP) is 0.930. The zero-order valence-corrected chi connectivity index (χ0v) is 6.45. The maximum atomic E-state index is 10.3. The van der Waals surface area contributed by atoms with E-state index >= 15 is 0 Å². The minimum atomic E-state index is -3.71. The highest BCUT2D eigenvalue weighted by Gasteiger charge is 2.15. The molecule has 0 aromatic heterocycles. The van der Waals surface area contributed by atoms with Crippen molar-refractivity contribution in [2.75, 3.05) is 6.61 Å². The molecule has 50 valence electrons. The van der Waals surface area contributed by atoms with Gasteiger partial charge in [0.2, 0.25) is 0 Å². The molecule has 0 saturated carbocycles. The molecule has 6 heteroatoms. The molecule has 4 nitrogen and oxygen atoms in total. The van der Waals surface area contributed by atoms with E-state index in [0.717, 1.165) is 0 Å². The monoisotopic (exact) mass is 158 g/mol. The highest BCUT2D eigenvalue weighted by molar-refractivity contribution is 7.52. The van der Waals surface area contributed by atoms with E-state index in [2.05, 4.69) is 8.83 Å². The second-order valence-corrected chi connectivity index (χ2v) is 3.03. The fraction of sp³-hybridized carbons (Fsp3) is 1.00. The van der Waals surface area contributed by atoms with E-state index < -0.39 is 7.82 Å². The lowest BCUT2D eigenvalue weighted by molar-refractivity contribution is 0.222. The van der Waals surface area contributed by atoms with Crippen LogP contribution in [0.15, 0.2) is 0 Å². The number of phosphoric acid groups is 1. The number of phosphoric ester groups is 1. The van der Waals surface area contributed by atoms with E-state index in [4.69, 9.17) is 4.89 Å². The van der Waals surface area contributed by atoms with Crippen LogP contribution >= 0.6 is 17.3 Å². The third kappa shape index (κ3) is 3.53. The Kier molecular flexibility index (Phi) is 3.78. The van der Waals surface area contributed by atoms with Crippen molar-refractivity contribution in [1.82, 2.24) is 0 Å². The van der Waals surface area contributed by atoms with Crippen LogP contribution in [-0.4, -0.2) is 11.5 Å². The van der Waals surface area contributed by atoms with E-state index in [9.17, 15) is 4.57 Å². The van der Waals surface area contributed by atoms with E-state index in [1.807, 2.05) is 0 Å². The topological polar surface area (TPSA) is 55.8 Å². The van der Waals surface area contributed by atoms with Crippen LogP contribution in [0.4, 0.5) is 0 Å². The number of hydrogen-bond donors (Lipinski definition) is 1. The van der Waals surface area contributed by atoms with Gasteiger partial charge in [0.25, 0.3) is 0 Å². The molecule has 2 unspecified atom stereocenters. The van der Waals surface area contributed by atoms with Crippen LogP contribution in [0.3, 0.4) is 0 Å². The molecule has 0 saturated heterocycles. The van der Waals surface area contributed by atoms with Gasteiger partial charge in [-0.15, -0.1) is 0 Å². The lowest BCUT2D eigenvalue weighted by atomic mass is 10.9. The van der Waals surface area contributed by atoms with Crippen LogP contribution < -0.4 is 0 Å². The third-order valence-corrected chi connectivity index (χ3v) is 2.08. The van der Waals surface area contributed by atoms with Gasteiger partial charge in [-0.05, 0) is 6.92 Å². The molecule has 0 aliphatic rings. The van der Waals surface area contributed by atoms with E-state index in [1.54, 1.807) is 16.4 Å². The molecule has 0 aliphatic heterocycles.